The third-order valence-corrected chi connectivity index (χ3v) is 1.65. The summed E-state index contributed by atoms with van der Waals surface area (Å²) in [6, 6.07) is 0. The van der Waals surface area contributed by atoms with E-state index in [9.17, 15) is 0 Å². The highest BCUT2D eigenvalue weighted by molar-refractivity contribution is 7.99. The van der Waals surface area contributed by atoms with Crippen molar-refractivity contribution in [1.29, 1.82) is 0 Å². The molecule has 50 valence electrons. The second kappa shape index (κ2) is 7.31. The Morgan fingerprint density at radius 2 is 2.12 bits per heavy atom. The Labute approximate surface area is 55.8 Å². The van der Waals surface area contributed by atoms with Crippen LogP contribution in [-0.2, 0) is 4.74 Å². The maximum atomic E-state index is 5.03. The standard InChI is InChI=1S/C4H8OS.C2H6/c1-2-5-4-6-3-1;1-2/h1-4H2;1-2H3. The zero-order valence-corrected chi connectivity index (χ0v) is 6.46. The molecule has 0 N–H and O–H groups in total. The van der Waals surface area contributed by atoms with E-state index in [2.05, 4.69) is 0 Å². The van der Waals surface area contributed by atoms with Crippen molar-refractivity contribution in [1.82, 2.24) is 0 Å². The first kappa shape index (κ1) is 8.31. The molecule has 0 aliphatic carbocycles. The van der Waals surface area contributed by atoms with Crippen molar-refractivity contribution >= 4 is 11.8 Å². The Hall–Kier alpha value is 0.310. The summed E-state index contributed by atoms with van der Waals surface area (Å²) < 4.78 is 5.03. The van der Waals surface area contributed by atoms with Gasteiger partial charge in [0.25, 0.3) is 0 Å². The lowest BCUT2D eigenvalue weighted by Gasteiger charge is -2.07. The fourth-order valence-corrected chi connectivity index (χ4v) is 1.12. The SMILES string of the molecule is C1COCSC1.CC. The largest absolute Gasteiger partial charge is 0.371 e. The van der Waals surface area contributed by atoms with E-state index in [1.165, 1.54) is 12.2 Å². The first-order valence-corrected chi connectivity index (χ1v) is 4.31. The molecule has 0 bridgehead atoms. The Kier molecular flexibility index (Phi) is 7.59. The number of rotatable bonds is 0. The van der Waals surface area contributed by atoms with Crippen molar-refractivity contribution in [2.75, 3.05) is 18.3 Å². The van der Waals surface area contributed by atoms with Gasteiger partial charge in [-0.25, -0.2) is 0 Å². The van der Waals surface area contributed by atoms with Crippen LogP contribution in [0.1, 0.15) is 20.3 Å². The Morgan fingerprint density at radius 3 is 2.25 bits per heavy atom. The van der Waals surface area contributed by atoms with Crippen LogP contribution in [0, 0.1) is 0 Å². The number of hydrogen-bond acceptors (Lipinski definition) is 2. The lowest BCUT2D eigenvalue weighted by atomic mass is 10.5. The molecule has 0 saturated carbocycles. The van der Waals surface area contributed by atoms with E-state index in [1.807, 2.05) is 25.6 Å². The van der Waals surface area contributed by atoms with Gasteiger partial charge >= 0.3 is 0 Å². The first-order valence-electron chi connectivity index (χ1n) is 3.15. The number of thioether (sulfide) groups is 1. The lowest BCUT2D eigenvalue weighted by molar-refractivity contribution is 0.176. The van der Waals surface area contributed by atoms with Gasteiger partial charge in [-0.05, 0) is 12.2 Å². The average Bonchev–Trinajstić information content (AvgIpc) is 1.96. The Balaban J connectivity index is 0.000000222. The molecule has 0 aromatic rings. The quantitative estimate of drug-likeness (QED) is 0.502. The predicted molar refractivity (Wildman–Crippen MR) is 39.2 cm³/mol. The molecule has 0 atom stereocenters. The summed E-state index contributed by atoms with van der Waals surface area (Å²) in [6.45, 7) is 4.98. The van der Waals surface area contributed by atoms with Crippen molar-refractivity contribution in [2.45, 2.75) is 20.3 Å². The average molecular weight is 134 g/mol. The maximum absolute atomic E-state index is 5.03. The Morgan fingerprint density at radius 1 is 1.38 bits per heavy atom. The fourth-order valence-electron chi connectivity index (χ4n) is 0.440. The van der Waals surface area contributed by atoms with Crippen LogP contribution in [0.15, 0.2) is 0 Å². The van der Waals surface area contributed by atoms with Crippen LogP contribution in [0.25, 0.3) is 0 Å². The van der Waals surface area contributed by atoms with E-state index in [4.69, 9.17) is 4.74 Å². The van der Waals surface area contributed by atoms with E-state index in [-0.39, 0.29) is 0 Å². The van der Waals surface area contributed by atoms with Gasteiger partial charge in [0.05, 0.1) is 5.94 Å². The monoisotopic (exact) mass is 134 g/mol. The normalized spacial score (nSPS) is 18.8. The second-order valence-electron chi connectivity index (χ2n) is 1.29. The van der Waals surface area contributed by atoms with Crippen LogP contribution in [0.5, 0.6) is 0 Å². The molecule has 0 aromatic heterocycles. The zero-order chi connectivity index (χ0) is 6.24. The van der Waals surface area contributed by atoms with Crippen LogP contribution < -0.4 is 0 Å². The minimum atomic E-state index is 0.917. The molecule has 1 nitrogen and oxygen atoms in total. The summed E-state index contributed by atoms with van der Waals surface area (Å²) in [4.78, 5) is 0. The maximum Gasteiger partial charge on any atom is 0.0920 e. The third kappa shape index (κ3) is 4.47. The van der Waals surface area contributed by atoms with Gasteiger partial charge in [0.15, 0.2) is 0 Å². The van der Waals surface area contributed by atoms with Gasteiger partial charge in [-0.15, -0.1) is 11.8 Å². The molecular formula is C6H14OS. The van der Waals surface area contributed by atoms with Gasteiger partial charge in [0.2, 0.25) is 0 Å². The highest BCUT2D eigenvalue weighted by Gasteiger charge is 1.95. The summed E-state index contributed by atoms with van der Waals surface area (Å²) in [6.07, 6.45) is 1.24. The molecule has 1 aliphatic heterocycles. The lowest BCUT2D eigenvalue weighted by Crippen LogP contribution is -2.01. The van der Waals surface area contributed by atoms with E-state index in [1.54, 1.807) is 0 Å². The zero-order valence-electron chi connectivity index (χ0n) is 5.64. The predicted octanol–water partition coefficient (Wildman–Crippen LogP) is 2.12. The molecule has 1 fully saturated rings. The highest BCUT2D eigenvalue weighted by atomic mass is 32.2. The highest BCUT2D eigenvalue weighted by Crippen LogP contribution is 2.07. The molecule has 2 heteroatoms. The number of hydrogen-bond donors (Lipinski definition) is 0. The van der Waals surface area contributed by atoms with Crippen molar-refractivity contribution in [3.63, 3.8) is 0 Å². The Bertz CT molecular complexity index is 24.0. The molecule has 0 amide bonds. The van der Waals surface area contributed by atoms with Gasteiger partial charge in [0, 0.05) is 6.61 Å². The van der Waals surface area contributed by atoms with Crippen molar-refractivity contribution in [3.8, 4) is 0 Å². The fraction of sp³-hybridized carbons (Fsp3) is 1.00. The van der Waals surface area contributed by atoms with Gasteiger partial charge in [-0.2, -0.15) is 0 Å². The van der Waals surface area contributed by atoms with Gasteiger partial charge in [-0.1, -0.05) is 13.8 Å². The minimum absolute atomic E-state index is 0.917. The topological polar surface area (TPSA) is 9.23 Å². The van der Waals surface area contributed by atoms with Crippen molar-refractivity contribution in [2.24, 2.45) is 0 Å². The van der Waals surface area contributed by atoms with Crippen LogP contribution in [0.2, 0.25) is 0 Å². The number of ether oxygens (including phenoxy) is 1. The molecule has 0 unspecified atom stereocenters. The summed E-state index contributed by atoms with van der Waals surface area (Å²) >= 11 is 1.87. The summed E-state index contributed by atoms with van der Waals surface area (Å²) in [5.41, 5.74) is 0. The summed E-state index contributed by atoms with van der Waals surface area (Å²) in [7, 11) is 0. The molecule has 1 rings (SSSR count). The molecule has 0 spiro atoms. The van der Waals surface area contributed by atoms with E-state index in [0.717, 1.165) is 12.5 Å². The van der Waals surface area contributed by atoms with E-state index in [0.29, 0.717) is 0 Å². The van der Waals surface area contributed by atoms with Gasteiger partial charge < -0.3 is 4.74 Å². The van der Waals surface area contributed by atoms with E-state index >= 15 is 0 Å². The van der Waals surface area contributed by atoms with Crippen molar-refractivity contribution < 1.29 is 4.74 Å². The molecule has 0 radical (unpaired) electrons. The molecule has 8 heavy (non-hydrogen) atoms. The molecule has 1 aliphatic rings. The summed E-state index contributed by atoms with van der Waals surface area (Å²) in [5, 5.41) is 0. The van der Waals surface area contributed by atoms with Crippen LogP contribution in [-0.4, -0.2) is 18.3 Å². The molecule has 1 heterocycles. The first-order chi connectivity index (χ1) is 4.00. The van der Waals surface area contributed by atoms with Gasteiger partial charge in [0.1, 0.15) is 0 Å². The minimum Gasteiger partial charge on any atom is -0.371 e. The van der Waals surface area contributed by atoms with Crippen LogP contribution in [0.3, 0.4) is 0 Å². The van der Waals surface area contributed by atoms with Gasteiger partial charge in [-0.3, -0.25) is 0 Å². The molecular weight excluding hydrogens is 120 g/mol. The van der Waals surface area contributed by atoms with E-state index < -0.39 is 0 Å². The molecule has 0 aromatic carbocycles. The molecule has 1 saturated heterocycles. The van der Waals surface area contributed by atoms with Crippen molar-refractivity contribution in [3.05, 3.63) is 0 Å². The third-order valence-electron chi connectivity index (χ3n) is 0.744. The smallest absolute Gasteiger partial charge is 0.0920 e. The summed E-state index contributed by atoms with van der Waals surface area (Å²) in [5.74, 6) is 2.21. The van der Waals surface area contributed by atoms with Crippen LogP contribution >= 0.6 is 11.8 Å². The second-order valence-corrected chi connectivity index (χ2v) is 2.34. The van der Waals surface area contributed by atoms with Crippen LogP contribution in [0.4, 0.5) is 0 Å².